The smallest absolute Gasteiger partial charge is 0.164 e. The van der Waals surface area contributed by atoms with Crippen molar-refractivity contribution in [3.8, 4) is 0 Å². The molecule has 0 aliphatic heterocycles. The van der Waals surface area contributed by atoms with Gasteiger partial charge in [-0.15, -0.1) is 0 Å². The normalized spacial score (nSPS) is 13.4. The quantitative estimate of drug-likeness (QED) is 0.779. The molecule has 4 heteroatoms. The zero-order valence-corrected chi connectivity index (χ0v) is 13.4. The number of nitrogens with zero attached hydrogens (tertiary/aromatic N) is 1. The second-order valence-electron chi connectivity index (χ2n) is 5.98. The van der Waals surface area contributed by atoms with Crippen LogP contribution in [0.4, 0.5) is 8.78 Å². The second kappa shape index (κ2) is 8.44. The van der Waals surface area contributed by atoms with Crippen LogP contribution in [0.2, 0.25) is 0 Å². The van der Waals surface area contributed by atoms with Gasteiger partial charge in [0.1, 0.15) is 0 Å². The predicted octanol–water partition coefficient (Wildman–Crippen LogP) is 4.14. The zero-order valence-electron chi connectivity index (χ0n) is 13.4. The van der Waals surface area contributed by atoms with Crippen LogP contribution in [-0.2, 0) is 0 Å². The molecule has 0 radical (unpaired) electrons. The first-order valence-corrected chi connectivity index (χ1v) is 7.76. The lowest BCUT2D eigenvalue weighted by Crippen LogP contribution is -2.40. The fourth-order valence-corrected chi connectivity index (χ4v) is 2.75. The summed E-state index contributed by atoms with van der Waals surface area (Å²) in [7, 11) is 0. The largest absolute Gasteiger partial charge is 0.387 e. The fraction of sp³-hybridized carbons (Fsp3) is 0.647. The van der Waals surface area contributed by atoms with E-state index in [1.807, 2.05) is 0 Å². The molecule has 0 heterocycles. The Morgan fingerprint density at radius 1 is 1.10 bits per heavy atom. The first kappa shape index (κ1) is 18.1. The molecule has 0 aliphatic carbocycles. The molecule has 0 spiro atoms. The van der Waals surface area contributed by atoms with Crippen molar-refractivity contribution < 1.29 is 13.9 Å². The summed E-state index contributed by atoms with van der Waals surface area (Å²) in [5.74, 6) is -1.40. The summed E-state index contributed by atoms with van der Waals surface area (Å²) in [6.45, 7) is 9.60. The van der Waals surface area contributed by atoms with Crippen molar-refractivity contribution in [3.05, 3.63) is 35.4 Å². The van der Waals surface area contributed by atoms with E-state index in [9.17, 15) is 13.9 Å². The maximum absolute atomic E-state index is 13.8. The number of aliphatic hydroxyl groups is 1. The molecule has 1 aromatic carbocycles. The number of hydrogen-bond donors (Lipinski definition) is 1. The van der Waals surface area contributed by atoms with Crippen molar-refractivity contribution in [1.29, 1.82) is 0 Å². The molecule has 1 atom stereocenters. The van der Waals surface area contributed by atoms with E-state index in [1.54, 1.807) is 0 Å². The van der Waals surface area contributed by atoms with Gasteiger partial charge in [-0.2, -0.15) is 0 Å². The summed E-state index contributed by atoms with van der Waals surface area (Å²) in [6, 6.07) is 4.29. The molecule has 0 saturated heterocycles. The second-order valence-corrected chi connectivity index (χ2v) is 5.98. The van der Waals surface area contributed by atoms with Gasteiger partial charge in [-0.1, -0.05) is 39.8 Å². The monoisotopic (exact) mass is 299 g/mol. The lowest BCUT2D eigenvalue weighted by atomic mass is 10.0. The Bertz CT molecular complexity index is 433. The number of aliphatic hydroxyl groups excluding tert-OH is 1. The maximum atomic E-state index is 13.8. The van der Waals surface area contributed by atoms with Crippen LogP contribution >= 0.6 is 0 Å². The van der Waals surface area contributed by atoms with Crippen LogP contribution in [0.1, 0.15) is 52.2 Å². The van der Waals surface area contributed by atoms with Crippen LogP contribution in [-0.4, -0.2) is 29.1 Å². The highest BCUT2D eigenvalue weighted by atomic mass is 19.2. The summed E-state index contributed by atoms with van der Waals surface area (Å²) in [5, 5.41) is 10.3. The average Bonchev–Trinajstić information content (AvgIpc) is 2.42. The molecule has 120 valence electrons. The summed E-state index contributed by atoms with van der Waals surface area (Å²) in [4.78, 5) is 2.18. The molecule has 1 aromatic rings. The highest BCUT2D eigenvalue weighted by Crippen LogP contribution is 2.22. The van der Waals surface area contributed by atoms with Crippen molar-refractivity contribution >= 4 is 0 Å². The Hall–Kier alpha value is -1.00. The third-order valence-corrected chi connectivity index (χ3v) is 3.81. The van der Waals surface area contributed by atoms with Gasteiger partial charge in [0, 0.05) is 24.7 Å². The standard InChI is InChI=1S/C17H27F2NO/c1-5-13(6-2)20(10-12(3)4)11-16(21)14-8-7-9-15(18)17(14)19/h7-9,12-13,16,21H,5-6,10-11H2,1-4H3. The van der Waals surface area contributed by atoms with Crippen LogP contribution in [0.15, 0.2) is 18.2 Å². The minimum Gasteiger partial charge on any atom is -0.387 e. The minimum absolute atomic E-state index is 0.0368. The first-order valence-electron chi connectivity index (χ1n) is 7.76. The summed E-state index contributed by atoms with van der Waals surface area (Å²) < 4.78 is 27.1. The van der Waals surface area contributed by atoms with E-state index >= 15 is 0 Å². The molecule has 0 saturated carbocycles. The van der Waals surface area contributed by atoms with Gasteiger partial charge in [-0.05, 0) is 24.8 Å². The van der Waals surface area contributed by atoms with Gasteiger partial charge in [0.2, 0.25) is 0 Å². The van der Waals surface area contributed by atoms with E-state index in [0.29, 0.717) is 18.5 Å². The van der Waals surface area contributed by atoms with Crippen LogP contribution in [0.3, 0.4) is 0 Å². The zero-order chi connectivity index (χ0) is 16.0. The van der Waals surface area contributed by atoms with Crippen molar-refractivity contribution in [3.63, 3.8) is 0 Å². The number of hydrogen-bond acceptors (Lipinski definition) is 2. The van der Waals surface area contributed by atoms with Gasteiger partial charge in [-0.3, -0.25) is 4.90 Å². The van der Waals surface area contributed by atoms with Crippen LogP contribution in [0.25, 0.3) is 0 Å². The lowest BCUT2D eigenvalue weighted by molar-refractivity contribution is 0.0727. The molecule has 1 rings (SSSR count). The number of rotatable bonds is 8. The van der Waals surface area contributed by atoms with Gasteiger partial charge in [0.25, 0.3) is 0 Å². The van der Waals surface area contributed by atoms with Crippen molar-refractivity contribution in [2.24, 2.45) is 5.92 Å². The van der Waals surface area contributed by atoms with Gasteiger partial charge in [0.15, 0.2) is 11.6 Å². The topological polar surface area (TPSA) is 23.5 Å². The highest BCUT2D eigenvalue weighted by Gasteiger charge is 2.23. The SMILES string of the molecule is CCC(CC)N(CC(C)C)CC(O)c1cccc(F)c1F. The Kier molecular flexibility index (Phi) is 7.26. The van der Waals surface area contributed by atoms with E-state index in [-0.39, 0.29) is 5.56 Å². The lowest BCUT2D eigenvalue weighted by Gasteiger charge is -2.33. The van der Waals surface area contributed by atoms with Gasteiger partial charge < -0.3 is 5.11 Å². The van der Waals surface area contributed by atoms with E-state index in [2.05, 4.69) is 32.6 Å². The fourth-order valence-electron chi connectivity index (χ4n) is 2.75. The number of halogens is 2. The van der Waals surface area contributed by atoms with Crippen LogP contribution < -0.4 is 0 Å². The molecule has 2 nitrogen and oxygen atoms in total. The molecule has 1 unspecified atom stereocenters. The van der Waals surface area contributed by atoms with E-state index in [4.69, 9.17) is 0 Å². The molecule has 0 fully saturated rings. The Morgan fingerprint density at radius 3 is 2.24 bits per heavy atom. The Balaban J connectivity index is 2.88. The predicted molar refractivity (Wildman–Crippen MR) is 82.1 cm³/mol. The van der Waals surface area contributed by atoms with Crippen molar-refractivity contribution in [2.75, 3.05) is 13.1 Å². The Morgan fingerprint density at radius 2 is 1.71 bits per heavy atom. The highest BCUT2D eigenvalue weighted by molar-refractivity contribution is 5.21. The average molecular weight is 299 g/mol. The minimum atomic E-state index is -1.01. The molecule has 0 aromatic heterocycles. The third-order valence-electron chi connectivity index (χ3n) is 3.81. The van der Waals surface area contributed by atoms with E-state index < -0.39 is 17.7 Å². The van der Waals surface area contributed by atoms with Crippen molar-refractivity contribution in [1.82, 2.24) is 4.90 Å². The Labute approximate surface area is 126 Å². The van der Waals surface area contributed by atoms with E-state index in [1.165, 1.54) is 12.1 Å². The molecular formula is C17H27F2NO. The molecule has 0 aliphatic rings. The maximum Gasteiger partial charge on any atom is 0.164 e. The van der Waals surface area contributed by atoms with Gasteiger partial charge in [0.05, 0.1) is 6.10 Å². The molecular weight excluding hydrogens is 272 g/mol. The summed E-state index contributed by atoms with van der Waals surface area (Å²) in [5.41, 5.74) is 0.0368. The number of benzene rings is 1. The van der Waals surface area contributed by atoms with Gasteiger partial charge >= 0.3 is 0 Å². The van der Waals surface area contributed by atoms with E-state index in [0.717, 1.165) is 25.5 Å². The molecule has 1 N–H and O–H groups in total. The van der Waals surface area contributed by atoms with Crippen LogP contribution in [0, 0.1) is 17.6 Å². The summed E-state index contributed by atoms with van der Waals surface area (Å²) in [6.07, 6.45) is 0.934. The molecule has 0 bridgehead atoms. The van der Waals surface area contributed by atoms with Crippen LogP contribution in [0.5, 0.6) is 0 Å². The van der Waals surface area contributed by atoms with Crippen molar-refractivity contribution in [2.45, 2.75) is 52.7 Å². The first-order chi connectivity index (χ1) is 9.90. The third kappa shape index (κ3) is 5.04. The van der Waals surface area contributed by atoms with Gasteiger partial charge in [-0.25, -0.2) is 8.78 Å². The molecule has 21 heavy (non-hydrogen) atoms. The molecule has 0 amide bonds. The summed E-state index contributed by atoms with van der Waals surface area (Å²) >= 11 is 0.